The van der Waals surface area contributed by atoms with Crippen LogP contribution in [0.25, 0.3) is 22.0 Å². The summed E-state index contributed by atoms with van der Waals surface area (Å²) >= 11 is 3.17. The number of thiazole rings is 1. The van der Waals surface area contributed by atoms with Gasteiger partial charge in [0.2, 0.25) is 0 Å². The predicted molar refractivity (Wildman–Crippen MR) is 104 cm³/mol. The van der Waals surface area contributed by atoms with Crippen molar-refractivity contribution in [1.82, 2.24) is 19.7 Å². The molecule has 0 bridgehead atoms. The van der Waals surface area contributed by atoms with Crippen molar-refractivity contribution in [3.8, 4) is 22.0 Å². The Hall–Kier alpha value is -2.51. The molecule has 2 heterocycles. The van der Waals surface area contributed by atoms with Crippen molar-refractivity contribution >= 4 is 23.1 Å². The number of thioether (sulfide) groups is 1. The molecule has 0 fully saturated rings. The summed E-state index contributed by atoms with van der Waals surface area (Å²) in [6, 6.07) is 16.7. The summed E-state index contributed by atoms with van der Waals surface area (Å²) in [5, 5.41) is 12.1. The maximum absolute atomic E-state index is 14.0. The van der Waals surface area contributed by atoms with Crippen molar-refractivity contribution in [1.29, 1.82) is 0 Å². The Morgan fingerprint density at radius 1 is 1.04 bits per heavy atom. The van der Waals surface area contributed by atoms with E-state index in [9.17, 15) is 4.39 Å². The molecular formula is C19H15FN4S2. The molecule has 4 aromatic rings. The van der Waals surface area contributed by atoms with Crippen LogP contribution in [-0.4, -0.2) is 19.7 Å². The van der Waals surface area contributed by atoms with Crippen LogP contribution in [-0.2, 0) is 12.8 Å². The molecule has 2 aromatic heterocycles. The van der Waals surface area contributed by atoms with Gasteiger partial charge in [0.05, 0.1) is 11.3 Å². The highest BCUT2D eigenvalue weighted by molar-refractivity contribution is 7.98. The van der Waals surface area contributed by atoms with Crippen LogP contribution >= 0.6 is 23.1 Å². The number of hydrogen-bond donors (Lipinski definition) is 0. The molecule has 7 heteroatoms. The molecule has 130 valence electrons. The number of hydrogen-bond acceptors (Lipinski definition) is 5. The van der Waals surface area contributed by atoms with Crippen molar-refractivity contribution in [3.63, 3.8) is 0 Å². The lowest BCUT2D eigenvalue weighted by atomic mass is 10.2. The van der Waals surface area contributed by atoms with Gasteiger partial charge in [-0.2, -0.15) is 0 Å². The third-order valence-electron chi connectivity index (χ3n) is 3.87. The van der Waals surface area contributed by atoms with E-state index in [1.807, 2.05) is 29.8 Å². The highest BCUT2D eigenvalue weighted by Crippen LogP contribution is 2.29. The van der Waals surface area contributed by atoms with E-state index in [-0.39, 0.29) is 5.82 Å². The van der Waals surface area contributed by atoms with Gasteiger partial charge in [-0.25, -0.2) is 9.37 Å². The second kappa shape index (κ2) is 7.39. The van der Waals surface area contributed by atoms with E-state index < -0.39 is 0 Å². The Balaban J connectivity index is 1.50. The van der Waals surface area contributed by atoms with Crippen molar-refractivity contribution in [3.05, 3.63) is 71.5 Å². The first kappa shape index (κ1) is 16.9. The van der Waals surface area contributed by atoms with Gasteiger partial charge in [-0.1, -0.05) is 54.2 Å². The number of rotatable bonds is 5. The minimum absolute atomic E-state index is 0.299. The van der Waals surface area contributed by atoms with Gasteiger partial charge < -0.3 is 4.57 Å². The molecule has 0 saturated carbocycles. The molecule has 26 heavy (non-hydrogen) atoms. The van der Waals surface area contributed by atoms with E-state index in [0.29, 0.717) is 17.1 Å². The first-order valence-electron chi connectivity index (χ1n) is 7.99. The molecular weight excluding hydrogens is 367 g/mol. The van der Waals surface area contributed by atoms with Crippen LogP contribution < -0.4 is 0 Å². The molecule has 0 N–H and O–H groups in total. The number of aromatic nitrogens is 4. The fourth-order valence-electron chi connectivity index (χ4n) is 2.54. The molecule has 0 radical (unpaired) electrons. The Morgan fingerprint density at radius 3 is 2.62 bits per heavy atom. The largest absolute Gasteiger partial charge is 0.305 e. The van der Waals surface area contributed by atoms with Crippen LogP contribution in [0.15, 0.2) is 65.1 Å². The number of halogens is 1. The Bertz CT molecular complexity index is 1030. The van der Waals surface area contributed by atoms with Crippen molar-refractivity contribution in [2.75, 3.05) is 0 Å². The lowest BCUT2D eigenvalue weighted by Crippen LogP contribution is -1.96. The third kappa shape index (κ3) is 3.40. The van der Waals surface area contributed by atoms with Gasteiger partial charge >= 0.3 is 0 Å². The molecule has 4 nitrogen and oxygen atoms in total. The quantitative estimate of drug-likeness (QED) is 0.454. The summed E-state index contributed by atoms with van der Waals surface area (Å²) in [5.41, 5.74) is 2.57. The monoisotopic (exact) mass is 382 g/mol. The fraction of sp³-hybridized carbons (Fsp3) is 0.105. The minimum atomic E-state index is -0.299. The maximum atomic E-state index is 14.0. The molecule has 0 spiro atoms. The van der Waals surface area contributed by atoms with Gasteiger partial charge in [0.15, 0.2) is 11.0 Å². The maximum Gasteiger partial charge on any atom is 0.191 e. The van der Waals surface area contributed by atoms with Gasteiger partial charge in [-0.3, -0.25) is 0 Å². The Morgan fingerprint density at radius 2 is 1.81 bits per heavy atom. The lowest BCUT2D eigenvalue weighted by Gasteiger charge is -2.04. The standard InChI is InChI=1S/C19H15FN4S2/c1-24-17(15-9-5-6-10-16(15)20)22-23-19(24)26-12-14-11-25-18(21-14)13-7-3-2-4-8-13/h2-11H,12H2,1H3. The molecule has 0 atom stereocenters. The molecule has 0 unspecified atom stereocenters. The van der Waals surface area contributed by atoms with Gasteiger partial charge in [0.1, 0.15) is 10.8 Å². The summed E-state index contributed by atoms with van der Waals surface area (Å²) in [4.78, 5) is 4.68. The summed E-state index contributed by atoms with van der Waals surface area (Å²) in [7, 11) is 1.85. The summed E-state index contributed by atoms with van der Waals surface area (Å²) < 4.78 is 15.8. The molecule has 0 amide bonds. The highest BCUT2D eigenvalue weighted by Gasteiger charge is 2.15. The second-order valence-corrected chi connectivity index (χ2v) is 7.44. The van der Waals surface area contributed by atoms with Gasteiger partial charge in [0.25, 0.3) is 0 Å². The molecule has 0 aliphatic heterocycles. The first-order valence-corrected chi connectivity index (χ1v) is 9.86. The van der Waals surface area contributed by atoms with Crippen LogP contribution in [0.4, 0.5) is 4.39 Å². The normalized spacial score (nSPS) is 11.0. The molecule has 0 aliphatic carbocycles. The molecule has 2 aromatic carbocycles. The van der Waals surface area contributed by atoms with E-state index in [1.54, 1.807) is 41.3 Å². The minimum Gasteiger partial charge on any atom is -0.305 e. The van der Waals surface area contributed by atoms with Crippen LogP contribution in [0.5, 0.6) is 0 Å². The molecule has 4 rings (SSSR count). The topological polar surface area (TPSA) is 43.6 Å². The Kier molecular flexibility index (Phi) is 4.81. The van der Waals surface area contributed by atoms with Crippen LogP contribution in [0.3, 0.4) is 0 Å². The second-order valence-electron chi connectivity index (χ2n) is 5.64. The Labute approximate surface area is 158 Å². The van der Waals surface area contributed by atoms with E-state index in [1.165, 1.54) is 6.07 Å². The summed E-state index contributed by atoms with van der Waals surface area (Å²) in [6.07, 6.45) is 0. The zero-order chi connectivity index (χ0) is 17.9. The van der Waals surface area contributed by atoms with Crippen molar-refractivity contribution < 1.29 is 4.39 Å². The van der Waals surface area contributed by atoms with Gasteiger partial charge in [0, 0.05) is 23.7 Å². The van der Waals surface area contributed by atoms with E-state index in [2.05, 4.69) is 32.7 Å². The van der Waals surface area contributed by atoms with Crippen molar-refractivity contribution in [2.24, 2.45) is 7.05 Å². The first-order chi connectivity index (χ1) is 12.7. The zero-order valence-corrected chi connectivity index (χ0v) is 15.6. The summed E-state index contributed by atoms with van der Waals surface area (Å²) in [5.74, 6) is 0.910. The third-order valence-corrected chi connectivity index (χ3v) is 5.87. The van der Waals surface area contributed by atoms with Gasteiger partial charge in [-0.15, -0.1) is 21.5 Å². The fourth-order valence-corrected chi connectivity index (χ4v) is 4.28. The van der Waals surface area contributed by atoms with Crippen LogP contribution in [0.2, 0.25) is 0 Å². The predicted octanol–water partition coefficient (Wildman–Crippen LogP) is 5.04. The average Bonchev–Trinajstić information content (AvgIpc) is 3.28. The van der Waals surface area contributed by atoms with E-state index in [4.69, 9.17) is 0 Å². The SMILES string of the molecule is Cn1c(SCc2csc(-c3ccccc3)n2)nnc1-c1ccccc1F. The van der Waals surface area contributed by atoms with Gasteiger partial charge in [-0.05, 0) is 12.1 Å². The number of benzene rings is 2. The van der Waals surface area contributed by atoms with Crippen LogP contribution in [0, 0.1) is 5.82 Å². The zero-order valence-electron chi connectivity index (χ0n) is 14.0. The lowest BCUT2D eigenvalue weighted by molar-refractivity contribution is 0.628. The smallest absolute Gasteiger partial charge is 0.191 e. The van der Waals surface area contributed by atoms with Crippen LogP contribution in [0.1, 0.15) is 5.69 Å². The summed E-state index contributed by atoms with van der Waals surface area (Å²) in [6.45, 7) is 0. The highest BCUT2D eigenvalue weighted by atomic mass is 32.2. The molecule has 0 aliphatic rings. The number of nitrogens with zero attached hydrogens (tertiary/aromatic N) is 4. The van der Waals surface area contributed by atoms with E-state index in [0.717, 1.165) is 21.4 Å². The average molecular weight is 382 g/mol. The molecule has 0 saturated heterocycles. The van der Waals surface area contributed by atoms with E-state index >= 15 is 0 Å². The van der Waals surface area contributed by atoms with Crippen molar-refractivity contribution in [2.45, 2.75) is 10.9 Å².